The maximum Gasteiger partial charge on any atom is 0.248 e. The quantitative estimate of drug-likeness (QED) is 0.544. The highest BCUT2D eigenvalue weighted by Gasteiger charge is 2.10. The number of carbonyl (C=O) groups is 1. The topological polar surface area (TPSA) is 46.4 Å². The zero-order valence-corrected chi connectivity index (χ0v) is 14.1. The highest BCUT2D eigenvalue weighted by Crippen LogP contribution is 2.27. The maximum absolute atomic E-state index is 12.2. The van der Waals surface area contributed by atoms with Gasteiger partial charge in [0.1, 0.15) is 5.65 Å². The van der Waals surface area contributed by atoms with Crippen LogP contribution in [0.25, 0.3) is 23.0 Å². The van der Waals surface area contributed by atoms with Gasteiger partial charge in [-0.2, -0.15) is 0 Å². The zero-order chi connectivity index (χ0) is 17.1. The van der Waals surface area contributed by atoms with Crippen molar-refractivity contribution in [1.29, 1.82) is 0 Å². The standard InChI is InChI=1S/C20H15N3OS/c24-20(11-10-15-6-5-13-25-15)22-17-8-2-1-7-16(17)18-14-23-12-4-3-9-19(23)21-18/h1-14H,(H,22,24). The molecule has 0 bridgehead atoms. The van der Waals surface area contributed by atoms with Gasteiger partial charge in [0.05, 0.1) is 11.4 Å². The van der Waals surface area contributed by atoms with Gasteiger partial charge in [0.15, 0.2) is 0 Å². The number of amides is 1. The maximum atomic E-state index is 12.2. The number of benzene rings is 1. The summed E-state index contributed by atoms with van der Waals surface area (Å²) in [7, 11) is 0. The second-order valence-corrected chi connectivity index (χ2v) is 6.46. The number of rotatable bonds is 4. The normalized spacial score (nSPS) is 11.2. The molecule has 0 aliphatic heterocycles. The van der Waals surface area contributed by atoms with Crippen molar-refractivity contribution >= 4 is 34.7 Å². The van der Waals surface area contributed by atoms with E-state index < -0.39 is 0 Å². The number of carbonyl (C=O) groups excluding carboxylic acids is 1. The predicted octanol–water partition coefficient (Wildman–Crippen LogP) is 4.71. The number of fused-ring (bicyclic) bond motifs is 1. The lowest BCUT2D eigenvalue weighted by molar-refractivity contribution is -0.111. The summed E-state index contributed by atoms with van der Waals surface area (Å²) >= 11 is 1.59. The molecule has 0 fully saturated rings. The number of pyridine rings is 1. The largest absolute Gasteiger partial charge is 0.322 e. The van der Waals surface area contributed by atoms with Crippen LogP contribution < -0.4 is 5.32 Å². The summed E-state index contributed by atoms with van der Waals surface area (Å²) < 4.78 is 1.96. The van der Waals surface area contributed by atoms with Crippen molar-refractivity contribution in [2.24, 2.45) is 0 Å². The van der Waals surface area contributed by atoms with Gasteiger partial charge in [0.2, 0.25) is 5.91 Å². The molecule has 0 saturated carbocycles. The summed E-state index contributed by atoms with van der Waals surface area (Å²) in [6.45, 7) is 0. The fourth-order valence-electron chi connectivity index (χ4n) is 2.60. The summed E-state index contributed by atoms with van der Waals surface area (Å²) in [6, 6.07) is 17.5. The van der Waals surface area contributed by atoms with E-state index >= 15 is 0 Å². The fraction of sp³-hybridized carbons (Fsp3) is 0. The zero-order valence-electron chi connectivity index (χ0n) is 13.3. The molecule has 0 aliphatic rings. The third-order valence-electron chi connectivity index (χ3n) is 3.77. The second kappa shape index (κ2) is 6.75. The number of anilines is 1. The first kappa shape index (κ1) is 15.4. The van der Waals surface area contributed by atoms with Crippen LogP contribution in [0.15, 0.2) is 78.4 Å². The lowest BCUT2D eigenvalue weighted by Gasteiger charge is -2.07. The third kappa shape index (κ3) is 3.36. The van der Waals surface area contributed by atoms with Crippen molar-refractivity contribution in [3.63, 3.8) is 0 Å². The summed E-state index contributed by atoms with van der Waals surface area (Å²) in [4.78, 5) is 17.9. The Morgan fingerprint density at radius 1 is 1.08 bits per heavy atom. The molecule has 1 aromatic carbocycles. The Hall–Kier alpha value is -3.18. The van der Waals surface area contributed by atoms with Gasteiger partial charge in [-0.05, 0) is 35.7 Å². The monoisotopic (exact) mass is 345 g/mol. The summed E-state index contributed by atoms with van der Waals surface area (Å²) in [6.07, 6.45) is 7.28. The van der Waals surface area contributed by atoms with Crippen LogP contribution in [-0.2, 0) is 4.79 Å². The van der Waals surface area contributed by atoms with Crippen LogP contribution in [0.2, 0.25) is 0 Å². The summed E-state index contributed by atoms with van der Waals surface area (Å²) in [5, 5.41) is 4.93. The number of hydrogen-bond donors (Lipinski definition) is 1. The molecule has 0 saturated heterocycles. The molecule has 4 rings (SSSR count). The van der Waals surface area contributed by atoms with E-state index in [1.54, 1.807) is 17.4 Å². The van der Waals surface area contributed by atoms with Crippen molar-refractivity contribution in [3.05, 3.63) is 83.3 Å². The number of imidazole rings is 1. The van der Waals surface area contributed by atoms with Gasteiger partial charge in [-0.3, -0.25) is 4.79 Å². The molecule has 5 heteroatoms. The van der Waals surface area contributed by atoms with Gasteiger partial charge in [-0.25, -0.2) is 4.98 Å². The number of hydrogen-bond acceptors (Lipinski definition) is 3. The molecule has 25 heavy (non-hydrogen) atoms. The number of para-hydroxylation sites is 1. The van der Waals surface area contributed by atoms with E-state index in [1.807, 2.05) is 82.8 Å². The second-order valence-electron chi connectivity index (χ2n) is 5.48. The number of thiophene rings is 1. The molecular weight excluding hydrogens is 330 g/mol. The fourth-order valence-corrected chi connectivity index (χ4v) is 3.22. The minimum Gasteiger partial charge on any atom is -0.322 e. The Labute approximate surface area is 149 Å². The molecule has 122 valence electrons. The molecule has 3 heterocycles. The van der Waals surface area contributed by atoms with Gasteiger partial charge in [0.25, 0.3) is 0 Å². The molecule has 0 spiro atoms. The Bertz CT molecular complexity index is 1010. The van der Waals surface area contributed by atoms with Crippen LogP contribution in [0.3, 0.4) is 0 Å². The van der Waals surface area contributed by atoms with E-state index in [9.17, 15) is 4.79 Å². The molecule has 0 aliphatic carbocycles. The van der Waals surface area contributed by atoms with E-state index in [2.05, 4.69) is 10.3 Å². The van der Waals surface area contributed by atoms with Crippen LogP contribution in [0.1, 0.15) is 4.88 Å². The van der Waals surface area contributed by atoms with Crippen molar-refractivity contribution in [3.8, 4) is 11.3 Å². The van der Waals surface area contributed by atoms with E-state index in [4.69, 9.17) is 0 Å². The number of nitrogens with one attached hydrogen (secondary N) is 1. The van der Waals surface area contributed by atoms with Crippen LogP contribution >= 0.6 is 11.3 Å². The van der Waals surface area contributed by atoms with Crippen molar-refractivity contribution in [2.75, 3.05) is 5.32 Å². The van der Waals surface area contributed by atoms with E-state index in [1.165, 1.54) is 0 Å². The van der Waals surface area contributed by atoms with Gasteiger partial charge in [-0.15, -0.1) is 11.3 Å². The minimum absolute atomic E-state index is 0.162. The van der Waals surface area contributed by atoms with E-state index in [0.29, 0.717) is 0 Å². The minimum atomic E-state index is -0.162. The van der Waals surface area contributed by atoms with Crippen LogP contribution in [-0.4, -0.2) is 15.3 Å². The Kier molecular flexibility index (Phi) is 4.14. The molecule has 4 aromatic rings. The first-order valence-electron chi connectivity index (χ1n) is 7.85. The average molecular weight is 345 g/mol. The highest BCUT2D eigenvalue weighted by molar-refractivity contribution is 7.10. The van der Waals surface area contributed by atoms with Crippen molar-refractivity contribution < 1.29 is 4.79 Å². The Morgan fingerprint density at radius 2 is 1.96 bits per heavy atom. The van der Waals surface area contributed by atoms with Crippen LogP contribution in [0, 0.1) is 0 Å². The lowest BCUT2D eigenvalue weighted by atomic mass is 10.1. The van der Waals surface area contributed by atoms with E-state index in [0.717, 1.165) is 27.5 Å². The van der Waals surface area contributed by atoms with Crippen molar-refractivity contribution in [2.45, 2.75) is 0 Å². The molecular formula is C20H15N3OS. The first-order chi connectivity index (χ1) is 12.3. The molecule has 3 aromatic heterocycles. The first-order valence-corrected chi connectivity index (χ1v) is 8.73. The summed E-state index contributed by atoms with van der Waals surface area (Å²) in [5.41, 5.74) is 3.33. The van der Waals surface area contributed by atoms with Crippen molar-refractivity contribution in [1.82, 2.24) is 9.38 Å². The van der Waals surface area contributed by atoms with Gasteiger partial charge >= 0.3 is 0 Å². The molecule has 1 amide bonds. The van der Waals surface area contributed by atoms with Gasteiger partial charge < -0.3 is 9.72 Å². The Morgan fingerprint density at radius 3 is 2.80 bits per heavy atom. The van der Waals surface area contributed by atoms with E-state index in [-0.39, 0.29) is 5.91 Å². The van der Waals surface area contributed by atoms with Crippen LogP contribution in [0.5, 0.6) is 0 Å². The molecule has 4 nitrogen and oxygen atoms in total. The molecule has 1 N–H and O–H groups in total. The lowest BCUT2D eigenvalue weighted by Crippen LogP contribution is -2.08. The van der Waals surface area contributed by atoms with Gasteiger partial charge in [-0.1, -0.05) is 30.3 Å². The smallest absolute Gasteiger partial charge is 0.248 e. The number of nitrogens with zero attached hydrogens (tertiary/aromatic N) is 2. The molecule has 0 unspecified atom stereocenters. The summed E-state index contributed by atoms with van der Waals surface area (Å²) in [5.74, 6) is -0.162. The molecule has 0 atom stereocenters. The third-order valence-corrected chi connectivity index (χ3v) is 4.60. The Balaban J connectivity index is 1.61. The SMILES string of the molecule is O=C(C=Cc1cccs1)Nc1ccccc1-c1cn2ccccc2n1. The number of aromatic nitrogens is 2. The van der Waals surface area contributed by atoms with Gasteiger partial charge in [0, 0.05) is 28.9 Å². The predicted molar refractivity (Wildman–Crippen MR) is 103 cm³/mol. The average Bonchev–Trinajstić information content (AvgIpc) is 3.30. The highest BCUT2D eigenvalue weighted by atomic mass is 32.1. The van der Waals surface area contributed by atoms with Crippen LogP contribution in [0.4, 0.5) is 5.69 Å². The molecule has 0 radical (unpaired) electrons.